The van der Waals surface area contributed by atoms with Crippen LogP contribution >= 0.6 is 0 Å². The minimum Gasteiger partial charge on any atom is -0.314 e. The molecule has 0 aliphatic heterocycles. The van der Waals surface area contributed by atoms with Gasteiger partial charge in [-0.2, -0.15) is 0 Å². The van der Waals surface area contributed by atoms with Gasteiger partial charge in [0.1, 0.15) is 0 Å². The van der Waals surface area contributed by atoms with Crippen LogP contribution in [0.15, 0.2) is 12.2 Å². The van der Waals surface area contributed by atoms with Crippen molar-refractivity contribution in [2.75, 3.05) is 26.2 Å². The van der Waals surface area contributed by atoms with Crippen molar-refractivity contribution >= 4 is 0 Å². The van der Waals surface area contributed by atoms with Gasteiger partial charge in [0.2, 0.25) is 0 Å². The molecule has 0 saturated heterocycles. The summed E-state index contributed by atoms with van der Waals surface area (Å²) in [5.74, 6) is 0. The monoisotopic (exact) mass is 240 g/mol. The van der Waals surface area contributed by atoms with Crippen LogP contribution in [0, 0.1) is 0 Å². The van der Waals surface area contributed by atoms with Crippen LogP contribution in [0.25, 0.3) is 0 Å². The molecule has 0 heterocycles. The van der Waals surface area contributed by atoms with Crippen molar-refractivity contribution in [3.63, 3.8) is 0 Å². The molecule has 0 aliphatic carbocycles. The molecule has 0 aromatic rings. The van der Waals surface area contributed by atoms with E-state index < -0.39 is 0 Å². The quantitative estimate of drug-likeness (QED) is 0.557. The molecule has 2 nitrogen and oxygen atoms in total. The molecule has 0 amide bonds. The third kappa shape index (κ3) is 9.37. The first-order chi connectivity index (χ1) is 8.13. The zero-order chi connectivity index (χ0) is 13.1. The number of nitrogens with one attached hydrogen (secondary N) is 1. The Hall–Kier alpha value is -0.340. The standard InChI is InChI=1S/C15H32N2/c1-6-12-16-15(10-9-14(4)5)11-13-17(7-2)8-3/h15-16H,4,6-13H2,1-3,5H3. The third-order valence-corrected chi connectivity index (χ3v) is 3.29. The van der Waals surface area contributed by atoms with Crippen LogP contribution in [-0.4, -0.2) is 37.1 Å². The predicted molar refractivity (Wildman–Crippen MR) is 78.5 cm³/mol. The largest absolute Gasteiger partial charge is 0.314 e. The van der Waals surface area contributed by atoms with E-state index in [1.54, 1.807) is 0 Å². The summed E-state index contributed by atoms with van der Waals surface area (Å²) in [6.45, 7) is 17.5. The predicted octanol–water partition coefficient (Wildman–Crippen LogP) is 3.44. The highest BCUT2D eigenvalue weighted by atomic mass is 15.1. The SMILES string of the molecule is C=C(C)CCC(CCN(CC)CC)NCCC. The lowest BCUT2D eigenvalue weighted by molar-refractivity contribution is 0.277. The van der Waals surface area contributed by atoms with Crippen LogP contribution in [-0.2, 0) is 0 Å². The number of nitrogens with zero attached hydrogens (tertiary/aromatic N) is 1. The second-order valence-corrected chi connectivity index (χ2v) is 4.96. The molecule has 2 heteroatoms. The fourth-order valence-electron chi connectivity index (χ4n) is 2.00. The maximum atomic E-state index is 4.00. The van der Waals surface area contributed by atoms with Gasteiger partial charge >= 0.3 is 0 Å². The molecule has 1 unspecified atom stereocenters. The van der Waals surface area contributed by atoms with E-state index in [1.165, 1.54) is 31.4 Å². The second kappa shape index (κ2) is 10.8. The Morgan fingerprint density at radius 1 is 1.18 bits per heavy atom. The van der Waals surface area contributed by atoms with Crippen LogP contribution in [0.4, 0.5) is 0 Å². The Morgan fingerprint density at radius 3 is 2.29 bits per heavy atom. The number of rotatable bonds is 11. The van der Waals surface area contributed by atoms with Gasteiger partial charge in [0.15, 0.2) is 0 Å². The highest BCUT2D eigenvalue weighted by molar-refractivity contribution is 4.89. The molecule has 0 aromatic carbocycles. The van der Waals surface area contributed by atoms with Crippen LogP contribution in [0.2, 0.25) is 0 Å². The molecule has 0 aromatic heterocycles. The van der Waals surface area contributed by atoms with Gasteiger partial charge in [0, 0.05) is 6.04 Å². The van der Waals surface area contributed by atoms with E-state index in [1.807, 2.05) is 0 Å². The first-order valence-electron chi connectivity index (χ1n) is 7.24. The fourth-order valence-corrected chi connectivity index (χ4v) is 2.00. The summed E-state index contributed by atoms with van der Waals surface area (Å²) in [4.78, 5) is 2.50. The van der Waals surface area contributed by atoms with Crippen molar-refractivity contribution < 1.29 is 0 Å². The summed E-state index contributed by atoms with van der Waals surface area (Å²) in [7, 11) is 0. The average Bonchev–Trinajstić information content (AvgIpc) is 2.32. The summed E-state index contributed by atoms with van der Waals surface area (Å²) in [6.07, 6.45) is 4.86. The Labute approximate surface area is 108 Å². The van der Waals surface area contributed by atoms with Gasteiger partial charge in [-0.15, -0.1) is 6.58 Å². The molecular formula is C15H32N2. The molecule has 102 valence electrons. The summed E-state index contributed by atoms with van der Waals surface area (Å²) in [5, 5.41) is 3.66. The maximum absolute atomic E-state index is 4.00. The Bertz CT molecular complexity index is 185. The number of hydrogen-bond acceptors (Lipinski definition) is 2. The van der Waals surface area contributed by atoms with Crippen LogP contribution in [0.1, 0.15) is 53.4 Å². The van der Waals surface area contributed by atoms with Crippen LogP contribution < -0.4 is 5.32 Å². The molecular weight excluding hydrogens is 208 g/mol. The Morgan fingerprint density at radius 2 is 1.82 bits per heavy atom. The Balaban J connectivity index is 3.94. The summed E-state index contributed by atoms with van der Waals surface area (Å²) < 4.78 is 0. The van der Waals surface area contributed by atoms with Crippen molar-refractivity contribution in [3.8, 4) is 0 Å². The molecule has 0 spiro atoms. The molecule has 0 saturated carbocycles. The van der Waals surface area contributed by atoms with Crippen LogP contribution in [0.5, 0.6) is 0 Å². The normalized spacial score (nSPS) is 13.0. The van der Waals surface area contributed by atoms with E-state index in [-0.39, 0.29) is 0 Å². The minimum absolute atomic E-state index is 0.659. The summed E-state index contributed by atoms with van der Waals surface area (Å²) in [5.41, 5.74) is 1.30. The lowest BCUT2D eigenvalue weighted by atomic mass is 10.0. The zero-order valence-corrected chi connectivity index (χ0v) is 12.4. The van der Waals surface area contributed by atoms with Crippen molar-refractivity contribution in [1.82, 2.24) is 10.2 Å². The first kappa shape index (κ1) is 16.7. The molecule has 0 fully saturated rings. The number of hydrogen-bond donors (Lipinski definition) is 1. The average molecular weight is 240 g/mol. The Kier molecular flexibility index (Phi) is 10.6. The van der Waals surface area contributed by atoms with Crippen molar-refractivity contribution in [1.29, 1.82) is 0 Å². The van der Waals surface area contributed by atoms with E-state index in [2.05, 4.69) is 44.5 Å². The topological polar surface area (TPSA) is 15.3 Å². The maximum Gasteiger partial charge on any atom is 0.00822 e. The molecule has 0 aliphatic rings. The fraction of sp³-hybridized carbons (Fsp3) is 0.867. The summed E-state index contributed by atoms with van der Waals surface area (Å²) in [6, 6.07) is 0.659. The molecule has 17 heavy (non-hydrogen) atoms. The van der Waals surface area contributed by atoms with E-state index in [0.29, 0.717) is 6.04 Å². The van der Waals surface area contributed by atoms with E-state index in [4.69, 9.17) is 0 Å². The summed E-state index contributed by atoms with van der Waals surface area (Å²) >= 11 is 0. The van der Waals surface area contributed by atoms with Crippen LogP contribution in [0.3, 0.4) is 0 Å². The van der Waals surface area contributed by atoms with Gasteiger partial charge in [-0.05, 0) is 58.8 Å². The smallest absolute Gasteiger partial charge is 0.00822 e. The molecule has 1 atom stereocenters. The van der Waals surface area contributed by atoms with Gasteiger partial charge in [-0.3, -0.25) is 0 Å². The van der Waals surface area contributed by atoms with E-state index >= 15 is 0 Å². The van der Waals surface area contributed by atoms with E-state index in [0.717, 1.165) is 26.1 Å². The third-order valence-electron chi connectivity index (χ3n) is 3.29. The van der Waals surface area contributed by atoms with Gasteiger partial charge < -0.3 is 10.2 Å². The highest BCUT2D eigenvalue weighted by Gasteiger charge is 2.09. The molecule has 1 N–H and O–H groups in total. The molecule has 0 rings (SSSR count). The zero-order valence-electron chi connectivity index (χ0n) is 12.4. The van der Waals surface area contributed by atoms with Crippen molar-refractivity contribution in [2.45, 2.75) is 59.4 Å². The lowest BCUT2D eigenvalue weighted by Gasteiger charge is -2.23. The number of allylic oxidation sites excluding steroid dienone is 1. The minimum atomic E-state index is 0.659. The highest BCUT2D eigenvalue weighted by Crippen LogP contribution is 2.08. The van der Waals surface area contributed by atoms with E-state index in [9.17, 15) is 0 Å². The lowest BCUT2D eigenvalue weighted by Crippen LogP contribution is -2.34. The molecule has 0 bridgehead atoms. The van der Waals surface area contributed by atoms with Crippen molar-refractivity contribution in [3.05, 3.63) is 12.2 Å². The van der Waals surface area contributed by atoms with Gasteiger partial charge in [-0.25, -0.2) is 0 Å². The van der Waals surface area contributed by atoms with Gasteiger partial charge in [0.25, 0.3) is 0 Å². The first-order valence-corrected chi connectivity index (χ1v) is 7.24. The second-order valence-electron chi connectivity index (χ2n) is 4.96. The van der Waals surface area contributed by atoms with Crippen molar-refractivity contribution in [2.24, 2.45) is 0 Å². The molecule has 0 radical (unpaired) electrons. The van der Waals surface area contributed by atoms with Gasteiger partial charge in [0.05, 0.1) is 0 Å². The van der Waals surface area contributed by atoms with Gasteiger partial charge in [-0.1, -0.05) is 26.3 Å².